The molecule has 2 N–H and O–H groups in total. The van der Waals surface area contributed by atoms with Gasteiger partial charge < -0.3 is 10.4 Å². The van der Waals surface area contributed by atoms with E-state index in [1.165, 1.54) is 17.4 Å². The van der Waals surface area contributed by atoms with E-state index in [1.807, 2.05) is 12.1 Å². The number of aromatic nitrogens is 2. The molecule has 2 aromatic heterocycles. The van der Waals surface area contributed by atoms with Gasteiger partial charge in [0.2, 0.25) is 0 Å². The first-order chi connectivity index (χ1) is 8.66. The lowest BCUT2D eigenvalue weighted by atomic mass is 10.3. The van der Waals surface area contributed by atoms with Crippen LogP contribution in [0.2, 0.25) is 0 Å². The molecule has 18 heavy (non-hydrogen) atoms. The average molecular weight is 328 g/mol. The maximum Gasteiger partial charge on any atom is 0.341 e. The van der Waals surface area contributed by atoms with Crippen molar-refractivity contribution in [1.29, 1.82) is 0 Å². The van der Waals surface area contributed by atoms with Crippen LogP contribution in [-0.2, 0) is 6.42 Å². The van der Waals surface area contributed by atoms with E-state index in [2.05, 4.69) is 31.2 Å². The van der Waals surface area contributed by atoms with Crippen molar-refractivity contribution >= 4 is 39.1 Å². The first-order valence-electron chi connectivity index (χ1n) is 5.18. The Labute approximate surface area is 116 Å². The number of rotatable bonds is 5. The first kappa shape index (κ1) is 13.0. The summed E-state index contributed by atoms with van der Waals surface area (Å²) in [5.41, 5.74) is 0.0878. The molecule has 5 nitrogen and oxygen atoms in total. The van der Waals surface area contributed by atoms with Gasteiger partial charge in [-0.25, -0.2) is 14.8 Å². The van der Waals surface area contributed by atoms with Crippen LogP contribution in [0.1, 0.15) is 15.2 Å². The van der Waals surface area contributed by atoms with Crippen molar-refractivity contribution in [2.45, 2.75) is 6.42 Å². The van der Waals surface area contributed by atoms with E-state index in [0.29, 0.717) is 12.4 Å². The lowest BCUT2D eigenvalue weighted by Gasteiger charge is -2.06. The first-order valence-corrected chi connectivity index (χ1v) is 6.79. The number of thiophene rings is 1. The SMILES string of the molecule is O=C(O)c1cncnc1NCCc1ccc(Br)s1. The van der Waals surface area contributed by atoms with Gasteiger partial charge in [-0.2, -0.15) is 0 Å². The van der Waals surface area contributed by atoms with E-state index in [4.69, 9.17) is 5.11 Å². The highest BCUT2D eigenvalue weighted by molar-refractivity contribution is 9.11. The van der Waals surface area contributed by atoms with Crippen molar-refractivity contribution in [2.24, 2.45) is 0 Å². The molecule has 2 heterocycles. The van der Waals surface area contributed by atoms with Gasteiger partial charge in [0.15, 0.2) is 0 Å². The molecule has 94 valence electrons. The number of nitrogens with zero attached hydrogens (tertiary/aromatic N) is 2. The highest BCUT2D eigenvalue weighted by atomic mass is 79.9. The number of hydrogen-bond acceptors (Lipinski definition) is 5. The molecule has 0 atom stereocenters. The maximum absolute atomic E-state index is 10.9. The van der Waals surface area contributed by atoms with Crippen LogP contribution < -0.4 is 5.32 Å². The van der Waals surface area contributed by atoms with Crippen molar-refractivity contribution in [2.75, 3.05) is 11.9 Å². The Morgan fingerprint density at radius 3 is 3.00 bits per heavy atom. The van der Waals surface area contributed by atoms with Gasteiger partial charge >= 0.3 is 5.97 Å². The summed E-state index contributed by atoms with van der Waals surface area (Å²) in [6.45, 7) is 0.629. The van der Waals surface area contributed by atoms with Gasteiger partial charge in [-0.05, 0) is 34.5 Å². The van der Waals surface area contributed by atoms with Crippen molar-refractivity contribution in [3.05, 3.63) is 38.9 Å². The average Bonchev–Trinajstić information content (AvgIpc) is 2.75. The number of carbonyl (C=O) groups is 1. The zero-order chi connectivity index (χ0) is 13.0. The second-order valence-electron chi connectivity index (χ2n) is 3.47. The molecule has 0 saturated carbocycles. The van der Waals surface area contributed by atoms with Crippen LogP contribution in [0.4, 0.5) is 5.82 Å². The van der Waals surface area contributed by atoms with Crippen molar-refractivity contribution < 1.29 is 9.90 Å². The molecule has 2 aromatic rings. The smallest absolute Gasteiger partial charge is 0.341 e. The maximum atomic E-state index is 10.9. The Kier molecular flexibility index (Phi) is 4.27. The van der Waals surface area contributed by atoms with Crippen LogP contribution in [0.3, 0.4) is 0 Å². The summed E-state index contributed by atoms with van der Waals surface area (Å²) in [7, 11) is 0. The van der Waals surface area contributed by atoms with Gasteiger partial charge in [-0.3, -0.25) is 0 Å². The molecule has 7 heteroatoms. The second kappa shape index (κ2) is 5.92. The lowest BCUT2D eigenvalue weighted by molar-refractivity contribution is 0.0697. The van der Waals surface area contributed by atoms with Gasteiger partial charge in [0, 0.05) is 17.6 Å². The minimum absolute atomic E-state index is 0.0878. The highest BCUT2D eigenvalue weighted by Gasteiger charge is 2.10. The van der Waals surface area contributed by atoms with Crippen molar-refractivity contribution in [1.82, 2.24) is 9.97 Å². The third-order valence-corrected chi connectivity index (χ3v) is 3.92. The fourth-order valence-electron chi connectivity index (χ4n) is 1.42. The van der Waals surface area contributed by atoms with Gasteiger partial charge in [-0.15, -0.1) is 11.3 Å². The monoisotopic (exact) mass is 327 g/mol. The van der Waals surface area contributed by atoms with Gasteiger partial charge in [0.05, 0.1) is 3.79 Å². The minimum atomic E-state index is -1.03. The fourth-order valence-corrected chi connectivity index (χ4v) is 2.90. The van der Waals surface area contributed by atoms with Crippen LogP contribution in [0, 0.1) is 0 Å². The van der Waals surface area contributed by atoms with Crippen LogP contribution in [0.15, 0.2) is 28.4 Å². The molecule has 0 unspecified atom stereocenters. The summed E-state index contributed by atoms with van der Waals surface area (Å²) in [6, 6.07) is 4.03. The van der Waals surface area contributed by atoms with Gasteiger partial charge in [-0.1, -0.05) is 0 Å². The zero-order valence-electron chi connectivity index (χ0n) is 9.26. The summed E-state index contributed by atoms with van der Waals surface area (Å²) in [6.07, 6.45) is 3.44. The molecule has 0 aliphatic rings. The molecular formula is C11H10BrN3O2S. The topological polar surface area (TPSA) is 75.1 Å². The third kappa shape index (κ3) is 3.27. The van der Waals surface area contributed by atoms with E-state index in [1.54, 1.807) is 11.3 Å². The molecular weight excluding hydrogens is 318 g/mol. The molecule has 0 aromatic carbocycles. The Morgan fingerprint density at radius 1 is 1.50 bits per heavy atom. The molecule has 0 saturated heterocycles. The second-order valence-corrected chi connectivity index (χ2v) is 6.02. The minimum Gasteiger partial charge on any atom is -0.477 e. The number of carboxylic acid groups (broad SMARTS) is 1. The molecule has 0 aliphatic carbocycles. The Balaban J connectivity index is 1.96. The standard InChI is InChI=1S/C11H10BrN3O2S/c12-9-2-1-7(18-9)3-4-14-10-8(11(16)17)5-13-6-15-10/h1-2,5-6H,3-4H2,(H,16,17)(H,13,14,15). The van der Waals surface area contributed by atoms with Crippen molar-refractivity contribution in [3.63, 3.8) is 0 Å². The summed E-state index contributed by atoms with van der Waals surface area (Å²) < 4.78 is 1.09. The van der Waals surface area contributed by atoms with E-state index in [-0.39, 0.29) is 5.56 Å². The van der Waals surface area contributed by atoms with E-state index in [9.17, 15) is 4.79 Å². The summed E-state index contributed by atoms with van der Waals surface area (Å²) in [4.78, 5) is 19.8. The predicted octanol–water partition coefficient (Wildman–Crippen LogP) is 2.65. The van der Waals surface area contributed by atoms with Crippen LogP contribution in [-0.4, -0.2) is 27.6 Å². The lowest BCUT2D eigenvalue weighted by Crippen LogP contribution is -2.11. The number of carboxylic acids is 1. The summed E-state index contributed by atoms with van der Waals surface area (Å²) in [5, 5.41) is 12.0. The molecule has 0 aliphatic heterocycles. The Bertz CT molecular complexity index is 559. The van der Waals surface area contributed by atoms with Crippen LogP contribution >= 0.6 is 27.3 Å². The molecule has 0 bridgehead atoms. The molecule has 2 rings (SSSR count). The molecule has 0 amide bonds. The van der Waals surface area contributed by atoms with Gasteiger partial charge in [0.25, 0.3) is 0 Å². The van der Waals surface area contributed by atoms with E-state index < -0.39 is 5.97 Å². The number of hydrogen-bond donors (Lipinski definition) is 2. The quantitative estimate of drug-likeness (QED) is 0.883. The number of anilines is 1. The zero-order valence-corrected chi connectivity index (χ0v) is 11.7. The molecule has 0 fully saturated rings. The number of nitrogens with one attached hydrogen (secondary N) is 1. The largest absolute Gasteiger partial charge is 0.477 e. The Morgan fingerprint density at radius 2 is 2.33 bits per heavy atom. The number of halogens is 1. The van der Waals surface area contributed by atoms with Crippen molar-refractivity contribution in [3.8, 4) is 0 Å². The normalized spacial score (nSPS) is 10.3. The third-order valence-electron chi connectivity index (χ3n) is 2.24. The van der Waals surface area contributed by atoms with Crippen LogP contribution in [0.25, 0.3) is 0 Å². The molecule has 0 spiro atoms. The molecule has 0 radical (unpaired) electrons. The van der Waals surface area contributed by atoms with Crippen LogP contribution in [0.5, 0.6) is 0 Å². The van der Waals surface area contributed by atoms with E-state index in [0.717, 1.165) is 10.2 Å². The van der Waals surface area contributed by atoms with E-state index >= 15 is 0 Å². The summed E-state index contributed by atoms with van der Waals surface area (Å²) in [5.74, 6) is -0.676. The predicted molar refractivity (Wildman–Crippen MR) is 73.2 cm³/mol. The highest BCUT2D eigenvalue weighted by Crippen LogP contribution is 2.22. The Hall–Kier alpha value is -1.47. The summed E-state index contributed by atoms with van der Waals surface area (Å²) >= 11 is 5.06. The van der Waals surface area contributed by atoms with Gasteiger partial charge in [0.1, 0.15) is 17.7 Å². The number of aromatic carboxylic acids is 1. The fraction of sp³-hybridized carbons (Fsp3) is 0.182.